The van der Waals surface area contributed by atoms with Crippen LogP contribution in [-0.2, 0) is 4.74 Å². The topological polar surface area (TPSA) is 86.3 Å². The molecule has 0 spiro atoms. The predicted octanol–water partition coefficient (Wildman–Crippen LogP) is 2.88. The van der Waals surface area contributed by atoms with Gasteiger partial charge in [0, 0.05) is 36.4 Å². The van der Waals surface area contributed by atoms with E-state index >= 15 is 0 Å². The Labute approximate surface area is 172 Å². The van der Waals surface area contributed by atoms with E-state index in [0.717, 1.165) is 31.9 Å². The number of carbonyl (C=O) groups excluding carboxylic acids is 1. The number of halogens is 2. The van der Waals surface area contributed by atoms with E-state index in [2.05, 4.69) is 5.32 Å². The van der Waals surface area contributed by atoms with Gasteiger partial charge in [-0.2, -0.15) is 0 Å². The molecule has 3 N–H and O–H groups in total. The molecule has 2 heterocycles. The van der Waals surface area contributed by atoms with E-state index in [9.17, 15) is 18.4 Å². The fourth-order valence-electron chi connectivity index (χ4n) is 4.02. The summed E-state index contributed by atoms with van der Waals surface area (Å²) < 4.78 is 35.9. The Morgan fingerprint density at radius 3 is 2.80 bits per heavy atom. The Morgan fingerprint density at radius 2 is 2.17 bits per heavy atom. The van der Waals surface area contributed by atoms with Gasteiger partial charge in [-0.25, -0.2) is 13.6 Å². The summed E-state index contributed by atoms with van der Waals surface area (Å²) >= 11 is 0. The van der Waals surface area contributed by atoms with Gasteiger partial charge in [0.05, 0.1) is 17.5 Å². The third-order valence-corrected chi connectivity index (χ3v) is 5.64. The maximum atomic E-state index is 14.8. The number of nitrogens with two attached hydrogens (primary N) is 1. The van der Waals surface area contributed by atoms with Gasteiger partial charge >= 0.3 is 5.97 Å². The van der Waals surface area contributed by atoms with E-state index in [4.69, 9.17) is 10.5 Å². The summed E-state index contributed by atoms with van der Waals surface area (Å²) in [5, 5.41) is 3.26. The molecular formula is C22H25F2N3O3. The molecule has 160 valence electrons. The van der Waals surface area contributed by atoms with Gasteiger partial charge in [0.2, 0.25) is 5.43 Å². The summed E-state index contributed by atoms with van der Waals surface area (Å²) in [4.78, 5) is 25.2. The van der Waals surface area contributed by atoms with Crippen LogP contribution in [0.2, 0.25) is 0 Å². The normalized spacial score (nSPS) is 21.6. The van der Waals surface area contributed by atoms with Gasteiger partial charge in [-0.3, -0.25) is 4.79 Å². The molecule has 6 nitrogen and oxygen atoms in total. The highest BCUT2D eigenvalue weighted by molar-refractivity contribution is 5.96. The first-order valence-corrected chi connectivity index (χ1v) is 10.3. The minimum absolute atomic E-state index is 0.0201. The maximum absolute atomic E-state index is 14.8. The quantitative estimate of drug-likeness (QED) is 0.706. The highest BCUT2D eigenvalue weighted by Crippen LogP contribution is 2.38. The number of carbonyl (C=O) groups is 1. The van der Waals surface area contributed by atoms with Crippen molar-refractivity contribution in [3.63, 3.8) is 0 Å². The molecule has 2 atom stereocenters. The summed E-state index contributed by atoms with van der Waals surface area (Å²) in [6.07, 6.45) is 7.82. The van der Waals surface area contributed by atoms with Gasteiger partial charge in [-0.15, -0.1) is 0 Å². The lowest BCUT2D eigenvalue weighted by Gasteiger charge is -2.16. The van der Waals surface area contributed by atoms with E-state index in [1.807, 2.05) is 0 Å². The van der Waals surface area contributed by atoms with E-state index in [0.29, 0.717) is 11.9 Å². The second-order valence-electron chi connectivity index (χ2n) is 7.95. The predicted molar refractivity (Wildman–Crippen MR) is 110 cm³/mol. The zero-order valence-corrected chi connectivity index (χ0v) is 16.8. The smallest absolute Gasteiger partial charge is 0.343 e. The van der Waals surface area contributed by atoms with Crippen LogP contribution >= 0.6 is 0 Å². The molecule has 30 heavy (non-hydrogen) atoms. The van der Waals surface area contributed by atoms with Gasteiger partial charge in [-0.05, 0) is 38.7 Å². The minimum Gasteiger partial charge on any atom is -0.462 e. The molecule has 1 aromatic carbocycles. The molecule has 2 aromatic rings. The van der Waals surface area contributed by atoms with Gasteiger partial charge in [0.25, 0.3) is 0 Å². The van der Waals surface area contributed by atoms with Crippen molar-refractivity contribution in [3.8, 4) is 0 Å². The zero-order chi connectivity index (χ0) is 21.4. The first-order valence-electron chi connectivity index (χ1n) is 10.3. The molecule has 0 bridgehead atoms. The number of ether oxygens (including phenoxy) is 1. The van der Waals surface area contributed by atoms with Gasteiger partial charge < -0.3 is 20.4 Å². The third-order valence-electron chi connectivity index (χ3n) is 5.64. The van der Waals surface area contributed by atoms with E-state index in [-0.39, 0.29) is 41.2 Å². The first-order chi connectivity index (χ1) is 14.4. The van der Waals surface area contributed by atoms with Crippen molar-refractivity contribution in [1.82, 2.24) is 9.88 Å². The number of benzene rings is 1. The van der Waals surface area contributed by atoms with Crippen molar-refractivity contribution in [2.45, 2.75) is 50.7 Å². The van der Waals surface area contributed by atoms with Crippen LogP contribution in [0.1, 0.15) is 54.6 Å². The van der Waals surface area contributed by atoms with Crippen LogP contribution in [-0.4, -0.2) is 35.8 Å². The number of rotatable bonds is 6. The molecule has 0 amide bonds. The lowest BCUT2D eigenvalue weighted by atomic mass is 10.0. The molecule has 2 fully saturated rings. The van der Waals surface area contributed by atoms with Crippen LogP contribution in [0, 0.1) is 11.6 Å². The Hall–Kier alpha value is -2.58. The molecule has 1 saturated carbocycles. The second-order valence-corrected chi connectivity index (χ2v) is 7.95. The molecule has 1 saturated heterocycles. The number of fused-ring (bicyclic) bond motifs is 1. The lowest BCUT2D eigenvalue weighted by molar-refractivity contribution is 0.0524. The largest absolute Gasteiger partial charge is 0.462 e. The van der Waals surface area contributed by atoms with Crippen LogP contribution in [0.25, 0.3) is 17.0 Å². The number of hydrogen-bond donors (Lipinski definition) is 2. The SMILES string of the molecule is CCOC(=O)c1cn(C2CC2)c2c(/C=C\C[C@@H]3C[C@H](N)CN3)c(F)c(F)cc2c1=O. The number of pyridine rings is 1. The molecule has 1 aliphatic carbocycles. The van der Waals surface area contributed by atoms with E-state index in [1.165, 1.54) is 12.3 Å². The monoisotopic (exact) mass is 417 g/mol. The molecule has 1 aliphatic heterocycles. The molecule has 1 aromatic heterocycles. The Bertz CT molecular complexity index is 1080. The lowest BCUT2D eigenvalue weighted by Crippen LogP contribution is -2.23. The summed E-state index contributed by atoms with van der Waals surface area (Å²) in [5.74, 6) is -2.89. The van der Waals surface area contributed by atoms with Crippen molar-refractivity contribution in [3.05, 3.63) is 51.3 Å². The number of nitrogens with one attached hydrogen (secondary N) is 1. The minimum atomic E-state index is -1.12. The maximum Gasteiger partial charge on any atom is 0.343 e. The highest BCUT2D eigenvalue weighted by atomic mass is 19.2. The number of aromatic nitrogens is 1. The van der Waals surface area contributed by atoms with Crippen LogP contribution in [0.3, 0.4) is 0 Å². The fraction of sp³-hybridized carbons (Fsp3) is 0.455. The summed E-state index contributed by atoms with van der Waals surface area (Å²) in [5.41, 5.74) is 5.40. The Kier molecular flexibility index (Phi) is 5.71. The molecular weight excluding hydrogens is 392 g/mol. The number of nitrogens with zero attached hydrogens (tertiary/aromatic N) is 1. The summed E-state index contributed by atoms with van der Waals surface area (Å²) in [6, 6.07) is 1.19. The van der Waals surface area contributed by atoms with E-state index in [1.54, 1.807) is 17.6 Å². The van der Waals surface area contributed by atoms with Gasteiger partial charge in [-0.1, -0.05) is 12.2 Å². The van der Waals surface area contributed by atoms with Crippen molar-refractivity contribution < 1.29 is 18.3 Å². The van der Waals surface area contributed by atoms with Crippen molar-refractivity contribution in [2.24, 2.45) is 5.73 Å². The molecule has 8 heteroatoms. The van der Waals surface area contributed by atoms with Crippen LogP contribution in [0.5, 0.6) is 0 Å². The highest BCUT2D eigenvalue weighted by Gasteiger charge is 2.29. The Morgan fingerprint density at radius 1 is 1.40 bits per heavy atom. The van der Waals surface area contributed by atoms with Gasteiger partial charge in [0.15, 0.2) is 11.6 Å². The zero-order valence-electron chi connectivity index (χ0n) is 16.8. The standard InChI is InChI=1S/C22H25F2N3O3/c1-2-30-22(29)17-11-27(14-6-7-14)20-15(5-3-4-13-8-12(25)10-26-13)19(24)18(23)9-16(20)21(17)28/h3,5,9,11-14,26H,2,4,6-8,10,25H2,1H3/b5-3-/t12-,13+/m0/s1. The third kappa shape index (κ3) is 3.89. The second kappa shape index (κ2) is 8.28. The number of hydrogen-bond acceptors (Lipinski definition) is 5. The van der Waals surface area contributed by atoms with Crippen LogP contribution in [0.15, 0.2) is 23.1 Å². The Balaban J connectivity index is 1.83. The average molecular weight is 417 g/mol. The van der Waals surface area contributed by atoms with Crippen molar-refractivity contribution in [2.75, 3.05) is 13.2 Å². The van der Waals surface area contributed by atoms with E-state index < -0.39 is 23.0 Å². The number of esters is 1. The molecule has 0 unspecified atom stereocenters. The van der Waals surface area contributed by atoms with Crippen LogP contribution < -0.4 is 16.5 Å². The summed E-state index contributed by atoms with van der Waals surface area (Å²) in [7, 11) is 0. The van der Waals surface area contributed by atoms with Crippen molar-refractivity contribution >= 4 is 22.9 Å². The van der Waals surface area contributed by atoms with Gasteiger partial charge in [0.1, 0.15) is 5.56 Å². The fourth-order valence-corrected chi connectivity index (χ4v) is 4.02. The molecule has 0 radical (unpaired) electrons. The first kappa shape index (κ1) is 20.7. The van der Waals surface area contributed by atoms with Crippen LogP contribution in [0.4, 0.5) is 8.78 Å². The van der Waals surface area contributed by atoms with Crippen molar-refractivity contribution in [1.29, 1.82) is 0 Å². The molecule has 2 aliphatic rings. The molecule has 4 rings (SSSR count). The average Bonchev–Trinajstić information content (AvgIpc) is 3.47. The summed E-state index contributed by atoms with van der Waals surface area (Å²) in [6.45, 7) is 2.49.